The number of hydrogen-bond donors (Lipinski definition) is 1. The first-order valence-corrected chi connectivity index (χ1v) is 7.83. The zero-order valence-electron chi connectivity index (χ0n) is 14.3. The van der Waals surface area contributed by atoms with Gasteiger partial charge in [0.25, 0.3) is 5.91 Å². The second-order valence-electron chi connectivity index (χ2n) is 5.41. The quantitative estimate of drug-likeness (QED) is 0.732. The molecule has 0 fully saturated rings. The van der Waals surface area contributed by atoms with Gasteiger partial charge in [-0.1, -0.05) is 17.3 Å². The summed E-state index contributed by atoms with van der Waals surface area (Å²) in [6.07, 6.45) is 0. The molecule has 0 bridgehead atoms. The molecule has 134 valence electrons. The largest absolute Gasteiger partial charge is 0.493 e. The van der Waals surface area contributed by atoms with Crippen LogP contribution in [0, 0.1) is 5.82 Å². The van der Waals surface area contributed by atoms with Gasteiger partial charge in [0.15, 0.2) is 17.3 Å². The van der Waals surface area contributed by atoms with Crippen LogP contribution in [0.2, 0.25) is 0 Å². The third-order valence-electron chi connectivity index (χ3n) is 3.78. The van der Waals surface area contributed by atoms with Crippen molar-refractivity contribution in [2.45, 2.75) is 6.54 Å². The Morgan fingerprint density at radius 1 is 1.12 bits per heavy atom. The first kappa shape index (κ1) is 17.5. The van der Waals surface area contributed by atoms with Crippen molar-refractivity contribution in [1.82, 2.24) is 10.5 Å². The molecule has 0 saturated heterocycles. The molecule has 2 aromatic carbocycles. The Morgan fingerprint density at radius 2 is 1.88 bits per heavy atom. The molecule has 1 N–H and O–H groups in total. The number of carbonyl (C=O) groups excluding carboxylic acids is 1. The van der Waals surface area contributed by atoms with Gasteiger partial charge >= 0.3 is 0 Å². The van der Waals surface area contributed by atoms with Gasteiger partial charge in [-0.05, 0) is 30.3 Å². The van der Waals surface area contributed by atoms with Crippen LogP contribution in [-0.2, 0) is 6.54 Å². The van der Waals surface area contributed by atoms with Gasteiger partial charge in [0.1, 0.15) is 11.5 Å². The van der Waals surface area contributed by atoms with Gasteiger partial charge < -0.3 is 19.3 Å². The smallest absolute Gasteiger partial charge is 0.254 e. The number of nitrogens with zero attached hydrogens (tertiary/aromatic N) is 1. The van der Waals surface area contributed by atoms with Crippen molar-refractivity contribution in [3.63, 3.8) is 0 Å². The molecule has 0 unspecified atom stereocenters. The van der Waals surface area contributed by atoms with Crippen LogP contribution in [0.4, 0.5) is 4.39 Å². The predicted octanol–water partition coefficient (Wildman–Crippen LogP) is 3.43. The Bertz CT molecular complexity index is 923. The second-order valence-corrected chi connectivity index (χ2v) is 5.41. The number of ether oxygens (including phenoxy) is 2. The SMILES string of the molecule is COc1ccc(-c2cc(CNC(=O)c3ccccc3F)no2)cc1OC. The lowest BCUT2D eigenvalue weighted by Gasteiger charge is -2.07. The molecule has 7 heteroatoms. The van der Waals surface area contributed by atoms with Crippen LogP contribution in [0.5, 0.6) is 11.5 Å². The minimum Gasteiger partial charge on any atom is -0.493 e. The molecule has 26 heavy (non-hydrogen) atoms. The van der Waals surface area contributed by atoms with Crippen molar-refractivity contribution in [2.75, 3.05) is 14.2 Å². The van der Waals surface area contributed by atoms with Gasteiger partial charge in [0, 0.05) is 11.6 Å². The van der Waals surface area contributed by atoms with Crippen molar-refractivity contribution in [3.8, 4) is 22.8 Å². The molecular formula is C19H17FN2O4. The number of amides is 1. The first-order valence-electron chi connectivity index (χ1n) is 7.83. The van der Waals surface area contributed by atoms with Gasteiger partial charge in [-0.15, -0.1) is 0 Å². The summed E-state index contributed by atoms with van der Waals surface area (Å²) >= 11 is 0. The lowest BCUT2D eigenvalue weighted by molar-refractivity contribution is 0.0946. The molecule has 1 amide bonds. The molecule has 6 nitrogen and oxygen atoms in total. The van der Waals surface area contributed by atoms with Crippen LogP contribution in [0.3, 0.4) is 0 Å². The predicted molar refractivity (Wildman–Crippen MR) is 92.6 cm³/mol. The average molecular weight is 356 g/mol. The summed E-state index contributed by atoms with van der Waals surface area (Å²) in [5.41, 5.74) is 1.25. The monoisotopic (exact) mass is 356 g/mol. The lowest BCUT2D eigenvalue weighted by Crippen LogP contribution is -2.23. The highest BCUT2D eigenvalue weighted by Gasteiger charge is 2.13. The molecule has 0 atom stereocenters. The number of carbonyl (C=O) groups is 1. The molecule has 0 aliphatic carbocycles. The Morgan fingerprint density at radius 3 is 2.62 bits per heavy atom. The molecule has 0 aliphatic heterocycles. The Kier molecular flexibility index (Phi) is 5.17. The zero-order chi connectivity index (χ0) is 18.5. The standard InChI is InChI=1S/C19H17FN2O4/c1-24-16-8-7-12(9-18(16)25-2)17-10-13(22-26-17)11-21-19(23)14-5-3-4-6-15(14)20/h3-10H,11H2,1-2H3,(H,21,23). The molecule has 0 radical (unpaired) electrons. The third kappa shape index (κ3) is 3.66. The van der Waals surface area contributed by atoms with Crippen LogP contribution in [0.1, 0.15) is 16.1 Å². The van der Waals surface area contributed by atoms with Crippen LogP contribution < -0.4 is 14.8 Å². The highest BCUT2D eigenvalue weighted by atomic mass is 19.1. The van der Waals surface area contributed by atoms with Crippen LogP contribution in [0.25, 0.3) is 11.3 Å². The van der Waals surface area contributed by atoms with E-state index >= 15 is 0 Å². The third-order valence-corrected chi connectivity index (χ3v) is 3.78. The number of hydrogen-bond acceptors (Lipinski definition) is 5. The van der Waals surface area contributed by atoms with E-state index in [1.54, 1.807) is 38.5 Å². The Balaban J connectivity index is 1.70. The van der Waals surface area contributed by atoms with Crippen molar-refractivity contribution in [1.29, 1.82) is 0 Å². The highest BCUT2D eigenvalue weighted by molar-refractivity contribution is 5.94. The van der Waals surface area contributed by atoms with E-state index in [0.717, 1.165) is 5.56 Å². The maximum absolute atomic E-state index is 13.6. The van der Waals surface area contributed by atoms with E-state index in [-0.39, 0.29) is 12.1 Å². The summed E-state index contributed by atoms with van der Waals surface area (Å²) in [7, 11) is 3.11. The summed E-state index contributed by atoms with van der Waals surface area (Å²) in [4.78, 5) is 12.0. The van der Waals surface area contributed by atoms with Crippen molar-refractivity contribution in [3.05, 3.63) is 65.6 Å². The number of rotatable bonds is 6. The Hall–Kier alpha value is -3.35. The van der Waals surface area contributed by atoms with Crippen molar-refractivity contribution in [2.24, 2.45) is 0 Å². The fourth-order valence-corrected chi connectivity index (χ4v) is 2.43. The normalized spacial score (nSPS) is 10.4. The fraction of sp³-hybridized carbons (Fsp3) is 0.158. The van der Waals surface area contributed by atoms with Gasteiger partial charge in [-0.2, -0.15) is 0 Å². The lowest BCUT2D eigenvalue weighted by atomic mass is 10.1. The zero-order valence-corrected chi connectivity index (χ0v) is 14.3. The molecule has 3 rings (SSSR count). The van der Waals surface area contributed by atoms with Crippen LogP contribution in [0.15, 0.2) is 53.1 Å². The molecular weight excluding hydrogens is 339 g/mol. The van der Waals surface area contributed by atoms with E-state index in [1.165, 1.54) is 18.2 Å². The van der Waals surface area contributed by atoms with E-state index in [0.29, 0.717) is 23.0 Å². The summed E-state index contributed by atoms with van der Waals surface area (Å²) in [6.45, 7) is 0.115. The van der Waals surface area contributed by atoms with Crippen LogP contribution >= 0.6 is 0 Å². The number of methoxy groups -OCH3 is 2. The summed E-state index contributed by atoms with van der Waals surface area (Å²) < 4.78 is 29.4. The summed E-state index contributed by atoms with van der Waals surface area (Å²) in [6, 6.07) is 12.8. The summed E-state index contributed by atoms with van der Waals surface area (Å²) in [5, 5.41) is 6.54. The van der Waals surface area contributed by atoms with Gasteiger partial charge in [0.2, 0.25) is 0 Å². The molecule has 0 saturated carbocycles. The minimum atomic E-state index is -0.573. The van der Waals surface area contributed by atoms with E-state index < -0.39 is 11.7 Å². The van der Waals surface area contributed by atoms with E-state index in [9.17, 15) is 9.18 Å². The number of halogens is 1. The van der Waals surface area contributed by atoms with Gasteiger partial charge in [-0.3, -0.25) is 4.79 Å². The van der Waals surface area contributed by atoms with Crippen LogP contribution in [-0.4, -0.2) is 25.3 Å². The topological polar surface area (TPSA) is 73.6 Å². The molecule has 1 heterocycles. The number of aromatic nitrogens is 1. The number of benzene rings is 2. The van der Waals surface area contributed by atoms with Crippen molar-refractivity contribution < 1.29 is 23.2 Å². The maximum Gasteiger partial charge on any atom is 0.254 e. The second kappa shape index (κ2) is 7.69. The van der Waals surface area contributed by atoms with E-state index in [2.05, 4.69) is 10.5 Å². The van der Waals surface area contributed by atoms with Crippen molar-refractivity contribution >= 4 is 5.91 Å². The highest BCUT2D eigenvalue weighted by Crippen LogP contribution is 2.32. The Labute approximate surface area is 149 Å². The average Bonchev–Trinajstić information content (AvgIpc) is 3.15. The van der Waals surface area contributed by atoms with E-state index in [1.807, 2.05) is 6.07 Å². The molecule has 1 aromatic heterocycles. The molecule has 3 aromatic rings. The van der Waals surface area contributed by atoms with Gasteiger partial charge in [-0.25, -0.2) is 4.39 Å². The fourth-order valence-electron chi connectivity index (χ4n) is 2.43. The number of nitrogens with one attached hydrogen (secondary N) is 1. The molecule has 0 spiro atoms. The van der Waals surface area contributed by atoms with E-state index in [4.69, 9.17) is 14.0 Å². The minimum absolute atomic E-state index is 0.0175. The summed E-state index contributed by atoms with van der Waals surface area (Å²) in [5.74, 6) is 0.597. The molecule has 0 aliphatic rings. The first-order chi connectivity index (χ1) is 12.6. The van der Waals surface area contributed by atoms with Gasteiger partial charge in [0.05, 0.1) is 26.3 Å². The maximum atomic E-state index is 13.6.